The van der Waals surface area contributed by atoms with Crippen LogP contribution >= 0.6 is 11.8 Å². The van der Waals surface area contributed by atoms with Crippen LogP contribution in [0.25, 0.3) is 0 Å². The van der Waals surface area contributed by atoms with Gasteiger partial charge in [-0.3, -0.25) is 4.79 Å². The fourth-order valence-electron chi connectivity index (χ4n) is 3.96. The summed E-state index contributed by atoms with van der Waals surface area (Å²) in [5.41, 5.74) is 1.78. The van der Waals surface area contributed by atoms with E-state index in [0.717, 1.165) is 61.8 Å². The number of anilines is 1. The summed E-state index contributed by atoms with van der Waals surface area (Å²) in [5.74, 6) is 2.26. The first kappa shape index (κ1) is 17.7. The highest BCUT2D eigenvalue weighted by Gasteiger charge is 2.36. The van der Waals surface area contributed by atoms with Crippen LogP contribution in [0, 0.1) is 0 Å². The van der Waals surface area contributed by atoms with E-state index in [1.807, 2.05) is 45.8 Å². The molecule has 5 rings (SSSR count). The van der Waals surface area contributed by atoms with Crippen LogP contribution in [-0.4, -0.2) is 71.5 Å². The van der Waals surface area contributed by atoms with Crippen LogP contribution in [0.4, 0.5) is 10.5 Å². The molecule has 140 valence electrons. The van der Waals surface area contributed by atoms with Crippen LogP contribution in [0.1, 0.15) is 18.4 Å². The number of nitrogens with zero attached hydrogens (tertiary/aromatic N) is 2. The van der Waals surface area contributed by atoms with Gasteiger partial charge in [0.05, 0.1) is 6.42 Å². The van der Waals surface area contributed by atoms with E-state index in [0.29, 0.717) is 18.5 Å². The number of piperazine rings is 1. The number of thioether (sulfide) groups is 1. The molecule has 0 spiro atoms. The molecule has 4 aliphatic rings. The van der Waals surface area contributed by atoms with E-state index in [1.54, 1.807) is 0 Å². The van der Waals surface area contributed by atoms with E-state index in [4.69, 9.17) is 0 Å². The first-order valence-electron chi connectivity index (χ1n) is 9.44. The molecule has 0 radical (unpaired) electrons. The molecule has 0 aliphatic carbocycles. The molecule has 4 fully saturated rings. The molecule has 3 amide bonds. The average molecular weight is 375 g/mol. The van der Waals surface area contributed by atoms with Crippen molar-refractivity contribution in [3.8, 4) is 0 Å². The van der Waals surface area contributed by atoms with Gasteiger partial charge in [0.15, 0.2) is 0 Å². The van der Waals surface area contributed by atoms with E-state index in [1.165, 1.54) is 0 Å². The molecule has 4 saturated heterocycles. The topological polar surface area (TPSA) is 64.7 Å². The molecule has 4 aliphatic heterocycles. The van der Waals surface area contributed by atoms with Gasteiger partial charge in [0.2, 0.25) is 5.91 Å². The molecule has 2 bridgehead atoms. The van der Waals surface area contributed by atoms with Gasteiger partial charge in [-0.15, -0.1) is 0 Å². The fourth-order valence-corrected chi connectivity index (χ4v) is 4.86. The van der Waals surface area contributed by atoms with Gasteiger partial charge in [-0.05, 0) is 30.5 Å². The number of rotatable bonds is 3. The first-order chi connectivity index (χ1) is 12.7. The second-order valence-corrected chi connectivity index (χ2v) is 8.51. The van der Waals surface area contributed by atoms with Crippen molar-refractivity contribution in [1.82, 2.24) is 15.1 Å². The highest BCUT2D eigenvalue weighted by molar-refractivity contribution is 7.99. The van der Waals surface area contributed by atoms with E-state index in [2.05, 4.69) is 10.6 Å². The zero-order valence-corrected chi connectivity index (χ0v) is 15.8. The second kappa shape index (κ2) is 7.88. The molecule has 2 unspecified atom stereocenters. The van der Waals surface area contributed by atoms with Crippen molar-refractivity contribution in [3.63, 3.8) is 0 Å². The molecule has 2 atom stereocenters. The standard InChI is InChI=1S/C19H26N4O2S/c24-18(22-7-9-26-10-8-22)11-14-1-3-15(4-2-14)21-19(25)23-13-16-5-6-17(23)12-20-16/h1-4,16-17,20H,5-13H2,(H,21,25). The van der Waals surface area contributed by atoms with Crippen LogP contribution in [0.2, 0.25) is 0 Å². The van der Waals surface area contributed by atoms with E-state index in [9.17, 15) is 9.59 Å². The Hall–Kier alpha value is -1.73. The summed E-state index contributed by atoms with van der Waals surface area (Å²) in [6, 6.07) is 8.40. The third kappa shape index (κ3) is 3.99. The normalized spacial score (nSPS) is 25.2. The monoisotopic (exact) mass is 374 g/mol. The maximum absolute atomic E-state index is 12.6. The third-order valence-corrected chi connectivity index (χ3v) is 6.48. The summed E-state index contributed by atoms with van der Waals surface area (Å²) < 4.78 is 0. The molecule has 0 saturated carbocycles. The molecule has 4 heterocycles. The zero-order chi connectivity index (χ0) is 17.9. The number of benzene rings is 1. The zero-order valence-electron chi connectivity index (χ0n) is 14.9. The lowest BCUT2D eigenvalue weighted by atomic mass is 9.93. The van der Waals surface area contributed by atoms with Crippen molar-refractivity contribution >= 4 is 29.4 Å². The maximum atomic E-state index is 12.6. The number of piperidine rings is 2. The Morgan fingerprint density at radius 2 is 1.92 bits per heavy atom. The van der Waals surface area contributed by atoms with Gasteiger partial charge in [-0.1, -0.05) is 12.1 Å². The van der Waals surface area contributed by atoms with Gasteiger partial charge < -0.3 is 20.4 Å². The minimum absolute atomic E-state index is 0.0177. The van der Waals surface area contributed by atoms with Gasteiger partial charge in [0.1, 0.15) is 0 Å². The number of amides is 3. The number of carbonyl (C=O) groups excluding carboxylic acids is 2. The molecular formula is C19H26N4O2S. The minimum atomic E-state index is -0.0177. The predicted octanol–water partition coefficient (Wildman–Crippen LogP) is 1.77. The predicted molar refractivity (Wildman–Crippen MR) is 105 cm³/mol. The number of hydrogen-bond donors (Lipinski definition) is 2. The van der Waals surface area contributed by atoms with Crippen LogP contribution in [0.3, 0.4) is 0 Å². The van der Waals surface area contributed by atoms with Gasteiger partial charge >= 0.3 is 6.03 Å². The minimum Gasteiger partial charge on any atom is -0.341 e. The summed E-state index contributed by atoms with van der Waals surface area (Å²) in [7, 11) is 0. The number of carbonyl (C=O) groups is 2. The van der Waals surface area contributed by atoms with Crippen molar-refractivity contribution in [2.45, 2.75) is 31.3 Å². The van der Waals surface area contributed by atoms with Gasteiger partial charge in [-0.2, -0.15) is 11.8 Å². The summed E-state index contributed by atoms with van der Waals surface area (Å²) >= 11 is 1.90. The van der Waals surface area contributed by atoms with Gasteiger partial charge in [0, 0.05) is 55.5 Å². The van der Waals surface area contributed by atoms with E-state index >= 15 is 0 Å². The summed E-state index contributed by atoms with van der Waals surface area (Å²) in [4.78, 5) is 28.8. The third-order valence-electron chi connectivity index (χ3n) is 5.53. The number of hydrogen-bond acceptors (Lipinski definition) is 4. The van der Waals surface area contributed by atoms with Crippen LogP contribution < -0.4 is 10.6 Å². The lowest BCUT2D eigenvalue weighted by Crippen LogP contribution is -2.63. The van der Waals surface area contributed by atoms with Gasteiger partial charge in [0.25, 0.3) is 0 Å². The van der Waals surface area contributed by atoms with Crippen molar-refractivity contribution in [3.05, 3.63) is 29.8 Å². The molecule has 1 aromatic rings. The van der Waals surface area contributed by atoms with Crippen LogP contribution in [-0.2, 0) is 11.2 Å². The Bertz CT molecular complexity index is 652. The Morgan fingerprint density at radius 1 is 1.15 bits per heavy atom. The Kier molecular flexibility index (Phi) is 5.36. The first-order valence-corrected chi connectivity index (χ1v) is 10.6. The van der Waals surface area contributed by atoms with Crippen LogP contribution in [0.5, 0.6) is 0 Å². The molecule has 1 aromatic carbocycles. The van der Waals surface area contributed by atoms with E-state index in [-0.39, 0.29) is 11.9 Å². The molecule has 6 nitrogen and oxygen atoms in total. The number of nitrogens with one attached hydrogen (secondary N) is 2. The fraction of sp³-hybridized carbons (Fsp3) is 0.579. The smallest absolute Gasteiger partial charge is 0.322 e. The quantitative estimate of drug-likeness (QED) is 0.846. The second-order valence-electron chi connectivity index (χ2n) is 7.29. The maximum Gasteiger partial charge on any atom is 0.322 e. The number of urea groups is 1. The molecule has 0 aromatic heterocycles. The summed E-state index contributed by atoms with van der Waals surface area (Å²) in [6.07, 6.45) is 2.68. The van der Waals surface area contributed by atoms with Crippen molar-refractivity contribution in [2.24, 2.45) is 0 Å². The SMILES string of the molecule is O=C(Cc1ccc(NC(=O)N2CC3CCC2CN3)cc1)N1CCSCC1. The molecular weight excluding hydrogens is 348 g/mol. The number of fused-ring (bicyclic) bond motifs is 3. The molecule has 26 heavy (non-hydrogen) atoms. The average Bonchev–Trinajstić information content (AvgIpc) is 2.71. The lowest BCUT2D eigenvalue weighted by Gasteiger charge is -2.45. The molecule has 7 heteroatoms. The van der Waals surface area contributed by atoms with Crippen molar-refractivity contribution < 1.29 is 9.59 Å². The van der Waals surface area contributed by atoms with Crippen molar-refractivity contribution in [2.75, 3.05) is 43.0 Å². The largest absolute Gasteiger partial charge is 0.341 e. The van der Waals surface area contributed by atoms with Gasteiger partial charge in [-0.25, -0.2) is 4.79 Å². The Morgan fingerprint density at radius 3 is 2.54 bits per heavy atom. The summed E-state index contributed by atoms with van der Waals surface area (Å²) in [5, 5.41) is 6.46. The van der Waals surface area contributed by atoms with Crippen LogP contribution in [0.15, 0.2) is 24.3 Å². The highest BCUT2D eigenvalue weighted by Crippen LogP contribution is 2.23. The lowest BCUT2D eigenvalue weighted by molar-refractivity contribution is -0.130. The Labute approximate surface area is 158 Å². The van der Waals surface area contributed by atoms with E-state index < -0.39 is 0 Å². The Balaban J connectivity index is 1.31. The highest BCUT2D eigenvalue weighted by atomic mass is 32.2. The van der Waals surface area contributed by atoms with Crippen molar-refractivity contribution in [1.29, 1.82) is 0 Å². The summed E-state index contributed by atoms with van der Waals surface area (Å²) in [6.45, 7) is 3.39. The molecule has 2 N–H and O–H groups in total.